The molecule has 1 N–H and O–H groups in total. The van der Waals surface area contributed by atoms with Crippen molar-refractivity contribution in [3.8, 4) is 11.5 Å². The van der Waals surface area contributed by atoms with Gasteiger partial charge in [0, 0.05) is 46.8 Å². The molecule has 52 heavy (non-hydrogen) atoms. The van der Waals surface area contributed by atoms with Crippen LogP contribution in [0.4, 0.5) is 0 Å². The fraction of sp³-hybridized carbons (Fsp3) is 0.292. The Hall–Kier alpha value is -5.06. The average Bonchev–Trinajstić information content (AvgIpc) is 3.21. The van der Waals surface area contributed by atoms with Crippen LogP contribution in [0.3, 0.4) is 0 Å². The zero-order valence-corrected chi connectivity index (χ0v) is 29.9. The summed E-state index contributed by atoms with van der Waals surface area (Å²) in [6, 6.07) is 16.4. The Kier molecular flexibility index (Phi) is 7.83. The number of dihydropyridines is 1. The minimum atomic E-state index is -0.494. The molecule has 0 radical (unpaired) electrons. The molecule has 4 aliphatic carbocycles. The molecule has 0 fully saturated rings. The molecule has 4 heterocycles. The third kappa shape index (κ3) is 5.06. The van der Waals surface area contributed by atoms with Crippen molar-refractivity contribution in [3.05, 3.63) is 190 Å². The van der Waals surface area contributed by atoms with E-state index in [0.717, 1.165) is 74.4 Å². The van der Waals surface area contributed by atoms with Crippen LogP contribution in [0.1, 0.15) is 74.1 Å². The van der Waals surface area contributed by atoms with Crippen molar-refractivity contribution in [1.82, 2.24) is 10.2 Å². The van der Waals surface area contributed by atoms with Crippen LogP contribution in [0, 0.1) is 5.92 Å². The lowest BCUT2D eigenvalue weighted by molar-refractivity contribution is 0.166. The molecule has 10 rings (SSSR count). The van der Waals surface area contributed by atoms with Gasteiger partial charge >= 0.3 is 0 Å². The molecule has 4 aliphatic heterocycles. The number of ether oxygens (including phenoxy) is 2. The first-order valence-electron chi connectivity index (χ1n) is 19.4. The molecule has 0 bridgehead atoms. The van der Waals surface area contributed by atoms with Gasteiger partial charge in [-0.3, -0.25) is 4.90 Å². The van der Waals surface area contributed by atoms with Crippen LogP contribution in [0.5, 0.6) is 11.5 Å². The van der Waals surface area contributed by atoms with E-state index in [1.165, 1.54) is 44.7 Å². The molecule has 2 aromatic carbocycles. The molecule has 5 unspecified atom stereocenters. The molecule has 8 aliphatic rings. The number of nitrogens with one attached hydrogen (secondary N) is 1. The van der Waals surface area contributed by atoms with Crippen LogP contribution in [-0.2, 0) is 10.2 Å². The molecule has 2 aromatic rings. The average molecular weight is 683 g/mol. The molecule has 260 valence electrons. The van der Waals surface area contributed by atoms with E-state index in [1.807, 2.05) is 0 Å². The maximum atomic E-state index is 7.02. The second-order valence-electron chi connectivity index (χ2n) is 15.3. The van der Waals surface area contributed by atoms with Gasteiger partial charge in [0.15, 0.2) is 0 Å². The van der Waals surface area contributed by atoms with Crippen LogP contribution in [0.2, 0.25) is 0 Å². The SMILES string of the molecule is CN1C(C2=CCCC=C2)CC=CC1C1C=CC2=C(C1)OC1=C(CCC=C1)C21c2ccccc2Oc2cc(C3C=CC=C(C4=CC=CCC4)N3)ccc21. The zero-order valence-electron chi connectivity index (χ0n) is 29.9. The monoisotopic (exact) mass is 682 g/mol. The summed E-state index contributed by atoms with van der Waals surface area (Å²) in [5.74, 6) is 4.26. The highest BCUT2D eigenvalue weighted by molar-refractivity contribution is 5.73. The first kappa shape index (κ1) is 31.7. The van der Waals surface area contributed by atoms with Crippen molar-refractivity contribution in [2.24, 2.45) is 5.92 Å². The number of nitrogens with zero attached hydrogens (tertiary/aromatic N) is 1. The molecule has 0 amide bonds. The van der Waals surface area contributed by atoms with Crippen LogP contribution in [0.25, 0.3) is 0 Å². The van der Waals surface area contributed by atoms with Gasteiger partial charge in [0.05, 0.1) is 11.5 Å². The van der Waals surface area contributed by atoms with Crippen LogP contribution in [-0.4, -0.2) is 24.0 Å². The Morgan fingerprint density at radius 2 is 1.69 bits per heavy atom. The second kappa shape index (κ2) is 12.9. The van der Waals surface area contributed by atoms with Gasteiger partial charge < -0.3 is 14.8 Å². The highest BCUT2D eigenvalue weighted by Gasteiger charge is 2.53. The summed E-state index contributed by atoms with van der Waals surface area (Å²) in [7, 11) is 2.31. The van der Waals surface area contributed by atoms with Gasteiger partial charge in [0.2, 0.25) is 0 Å². The highest BCUT2D eigenvalue weighted by atomic mass is 16.5. The summed E-state index contributed by atoms with van der Waals surface area (Å²) < 4.78 is 13.9. The minimum absolute atomic E-state index is 0.0604. The normalized spacial score (nSPS) is 30.0. The minimum Gasteiger partial charge on any atom is -0.461 e. The van der Waals surface area contributed by atoms with E-state index in [0.29, 0.717) is 18.0 Å². The maximum absolute atomic E-state index is 7.02. The number of hydrogen-bond acceptors (Lipinski definition) is 4. The van der Waals surface area contributed by atoms with Gasteiger partial charge in [-0.05, 0) is 98.6 Å². The summed E-state index contributed by atoms with van der Waals surface area (Å²) in [5.41, 5.74) is 9.75. The number of para-hydroxylation sites is 1. The molecule has 0 saturated heterocycles. The number of allylic oxidation sites excluding steroid dienone is 14. The van der Waals surface area contributed by atoms with E-state index in [4.69, 9.17) is 9.47 Å². The molecule has 4 nitrogen and oxygen atoms in total. The summed E-state index contributed by atoms with van der Waals surface area (Å²) in [4.78, 5) is 2.60. The fourth-order valence-electron chi connectivity index (χ4n) is 9.95. The van der Waals surface area contributed by atoms with Crippen LogP contribution < -0.4 is 10.1 Å². The van der Waals surface area contributed by atoms with Gasteiger partial charge in [-0.2, -0.15) is 0 Å². The Morgan fingerprint density at radius 3 is 2.60 bits per heavy atom. The van der Waals surface area contributed by atoms with Crippen molar-refractivity contribution in [3.63, 3.8) is 0 Å². The zero-order chi connectivity index (χ0) is 34.6. The van der Waals surface area contributed by atoms with Crippen molar-refractivity contribution in [2.45, 2.75) is 74.9 Å². The van der Waals surface area contributed by atoms with Crippen LogP contribution in [0.15, 0.2) is 173 Å². The van der Waals surface area contributed by atoms with Gasteiger partial charge in [0.1, 0.15) is 23.0 Å². The highest BCUT2D eigenvalue weighted by Crippen LogP contribution is 2.62. The lowest BCUT2D eigenvalue weighted by atomic mass is 9.58. The second-order valence-corrected chi connectivity index (χ2v) is 15.3. The summed E-state index contributed by atoms with van der Waals surface area (Å²) in [6.45, 7) is 0. The van der Waals surface area contributed by atoms with E-state index in [1.54, 1.807) is 0 Å². The maximum Gasteiger partial charge on any atom is 0.132 e. The Balaban J connectivity index is 1.05. The first-order valence-corrected chi connectivity index (χ1v) is 19.4. The predicted molar refractivity (Wildman–Crippen MR) is 210 cm³/mol. The fourth-order valence-corrected chi connectivity index (χ4v) is 9.95. The predicted octanol–water partition coefficient (Wildman–Crippen LogP) is 10.8. The Morgan fingerprint density at radius 1 is 0.788 bits per heavy atom. The number of fused-ring (bicyclic) bond motifs is 6. The molecule has 4 heteroatoms. The van der Waals surface area contributed by atoms with E-state index in [-0.39, 0.29) is 6.04 Å². The van der Waals surface area contributed by atoms with Crippen molar-refractivity contribution in [2.75, 3.05) is 7.05 Å². The van der Waals surface area contributed by atoms with E-state index >= 15 is 0 Å². The van der Waals surface area contributed by atoms with Gasteiger partial charge in [-0.25, -0.2) is 0 Å². The standard InChI is InChI=1S/C48H46N2O2/c1-50-42(33-16-6-3-7-17-33)22-13-23-43(50)35-27-29-39-47(31-35)52-45-25-11-9-19-37(45)48(39)36-18-8-10-24-44(36)51-46-30-34(26-28-38(46)48)41-21-12-20-40(49-41)32-14-4-2-5-15-32/h2,4,6,8,10-14,16-18,20-21,23-30,35,41-43,49H,3,5,7,9,15,19,22,31H2,1H3. The number of rotatable bonds is 4. The number of hydrogen-bond donors (Lipinski definition) is 1. The van der Waals surface area contributed by atoms with Gasteiger partial charge in [-0.1, -0.05) is 109 Å². The third-order valence-corrected chi connectivity index (χ3v) is 12.5. The topological polar surface area (TPSA) is 33.7 Å². The largest absolute Gasteiger partial charge is 0.461 e. The molecule has 0 saturated carbocycles. The van der Waals surface area contributed by atoms with E-state index in [9.17, 15) is 0 Å². The lowest BCUT2D eigenvalue weighted by Crippen LogP contribution is -2.47. The van der Waals surface area contributed by atoms with Crippen LogP contribution >= 0.6 is 0 Å². The molecular formula is C48H46N2O2. The van der Waals surface area contributed by atoms with Gasteiger partial charge in [-0.15, -0.1) is 0 Å². The molecule has 5 atom stereocenters. The first-order chi connectivity index (χ1) is 25.7. The summed E-state index contributed by atoms with van der Waals surface area (Å²) >= 11 is 0. The summed E-state index contributed by atoms with van der Waals surface area (Å²) in [5, 5.41) is 3.83. The molecule has 0 aromatic heterocycles. The lowest BCUT2D eigenvalue weighted by Gasteiger charge is -2.49. The number of likely N-dealkylation sites (N-methyl/N-ethyl adjacent to an activating group) is 1. The quantitative estimate of drug-likeness (QED) is 0.326. The third-order valence-electron chi connectivity index (χ3n) is 12.5. The van der Waals surface area contributed by atoms with Crippen molar-refractivity contribution >= 4 is 0 Å². The smallest absolute Gasteiger partial charge is 0.132 e. The van der Waals surface area contributed by atoms with Crippen molar-refractivity contribution < 1.29 is 9.47 Å². The summed E-state index contributed by atoms with van der Waals surface area (Å²) in [6.07, 6.45) is 43.0. The van der Waals surface area contributed by atoms with Crippen molar-refractivity contribution in [1.29, 1.82) is 0 Å². The Bertz CT molecular complexity index is 2180. The molecule has 1 spiro atoms. The van der Waals surface area contributed by atoms with E-state index in [2.05, 4.69) is 151 Å². The number of benzene rings is 2. The Labute approximate surface area is 308 Å². The van der Waals surface area contributed by atoms with E-state index < -0.39 is 5.41 Å². The van der Waals surface area contributed by atoms with Gasteiger partial charge in [0.25, 0.3) is 0 Å². The molecular weight excluding hydrogens is 637 g/mol.